The van der Waals surface area contributed by atoms with Gasteiger partial charge in [0, 0.05) is 4.88 Å². The first-order valence-electron chi connectivity index (χ1n) is 7.77. The summed E-state index contributed by atoms with van der Waals surface area (Å²) < 4.78 is 15.8. The first kappa shape index (κ1) is 17.7. The fourth-order valence-electron chi connectivity index (χ4n) is 2.15. The Hall–Kier alpha value is -3.07. The summed E-state index contributed by atoms with van der Waals surface area (Å²) in [6, 6.07) is 10.6. The minimum Gasteiger partial charge on any atom is -0.485 e. The number of benzene rings is 1. The van der Waals surface area contributed by atoms with E-state index in [0.717, 1.165) is 4.88 Å². The van der Waals surface area contributed by atoms with Crippen LogP contribution in [0.15, 0.2) is 41.8 Å². The lowest BCUT2D eigenvalue weighted by Gasteiger charge is -2.25. The molecule has 136 valence electrons. The molecule has 0 unspecified atom stereocenters. The molecular weight excluding hydrogens is 360 g/mol. The summed E-state index contributed by atoms with van der Waals surface area (Å²) in [5.74, 6) is -0.742. The lowest BCUT2D eigenvalue weighted by atomic mass is 10.2. The van der Waals surface area contributed by atoms with E-state index in [4.69, 9.17) is 14.2 Å². The molecule has 9 heteroatoms. The molecule has 3 rings (SSSR count). The minimum absolute atomic E-state index is 0.0223. The van der Waals surface area contributed by atoms with Crippen molar-refractivity contribution in [1.82, 2.24) is 10.9 Å². The highest BCUT2D eigenvalue weighted by Gasteiger charge is 2.27. The summed E-state index contributed by atoms with van der Waals surface area (Å²) in [5.41, 5.74) is 4.39. The van der Waals surface area contributed by atoms with Crippen molar-refractivity contribution in [3.8, 4) is 11.5 Å². The van der Waals surface area contributed by atoms with Gasteiger partial charge in [0.05, 0.1) is 6.42 Å². The highest BCUT2D eigenvalue weighted by molar-refractivity contribution is 7.10. The Bertz CT molecular complexity index is 792. The average molecular weight is 376 g/mol. The second kappa shape index (κ2) is 8.34. The first-order valence-corrected chi connectivity index (χ1v) is 8.65. The summed E-state index contributed by atoms with van der Waals surface area (Å²) in [7, 11) is 0. The topological polar surface area (TPSA) is 103 Å². The number of hydrazine groups is 1. The number of hydrogen-bond donors (Lipinski definition) is 2. The Morgan fingerprint density at radius 1 is 1.12 bits per heavy atom. The summed E-state index contributed by atoms with van der Waals surface area (Å²) >= 11 is 1.43. The summed E-state index contributed by atoms with van der Waals surface area (Å²) in [6.07, 6.45) is -0.796. The van der Waals surface area contributed by atoms with Crippen molar-refractivity contribution in [3.05, 3.63) is 46.7 Å². The van der Waals surface area contributed by atoms with Crippen LogP contribution in [0.1, 0.15) is 4.88 Å². The van der Waals surface area contributed by atoms with Crippen molar-refractivity contribution < 1.29 is 28.6 Å². The van der Waals surface area contributed by atoms with Crippen LogP contribution in [0.2, 0.25) is 0 Å². The van der Waals surface area contributed by atoms with Gasteiger partial charge in [-0.1, -0.05) is 18.2 Å². The lowest BCUT2D eigenvalue weighted by Crippen LogP contribution is -2.51. The molecule has 0 saturated heterocycles. The predicted octanol–water partition coefficient (Wildman–Crippen LogP) is 0.821. The molecule has 1 aromatic heterocycles. The number of thiophene rings is 1. The molecule has 0 spiro atoms. The third kappa shape index (κ3) is 4.73. The van der Waals surface area contributed by atoms with E-state index < -0.39 is 30.5 Å². The number of nitrogens with one attached hydrogen (secondary N) is 2. The average Bonchev–Trinajstić information content (AvgIpc) is 3.17. The number of carbonyl (C=O) groups is 3. The normalized spacial score (nSPS) is 15.0. The second-order valence-corrected chi connectivity index (χ2v) is 6.35. The van der Waals surface area contributed by atoms with Gasteiger partial charge in [-0.15, -0.1) is 11.3 Å². The predicted molar refractivity (Wildman–Crippen MR) is 91.6 cm³/mol. The van der Waals surface area contributed by atoms with Gasteiger partial charge in [-0.2, -0.15) is 0 Å². The minimum atomic E-state index is -0.897. The van der Waals surface area contributed by atoms with Crippen molar-refractivity contribution >= 4 is 29.1 Å². The number of hydrogen-bond acceptors (Lipinski definition) is 7. The lowest BCUT2D eigenvalue weighted by molar-refractivity contribution is -0.148. The molecule has 2 amide bonds. The first-order chi connectivity index (χ1) is 12.6. The monoisotopic (exact) mass is 376 g/mol. The molecule has 0 bridgehead atoms. The van der Waals surface area contributed by atoms with Crippen LogP contribution in [0.4, 0.5) is 0 Å². The van der Waals surface area contributed by atoms with Crippen LogP contribution < -0.4 is 20.3 Å². The number of ether oxygens (including phenoxy) is 3. The van der Waals surface area contributed by atoms with Crippen LogP contribution in [0.25, 0.3) is 0 Å². The third-order valence-corrected chi connectivity index (χ3v) is 4.27. The molecule has 0 fully saturated rings. The van der Waals surface area contributed by atoms with E-state index in [1.807, 2.05) is 11.4 Å². The van der Waals surface area contributed by atoms with Crippen molar-refractivity contribution in [2.24, 2.45) is 0 Å². The molecule has 0 saturated carbocycles. The quantitative estimate of drug-likeness (QED) is 0.592. The van der Waals surface area contributed by atoms with Crippen LogP contribution >= 0.6 is 11.3 Å². The van der Waals surface area contributed by atoms with Gasteiger partial charge in [-0.3, -0.25) is 25.2 Å². The van der Waals surface area contributed by atoms with Crippen molar-refractivity contribution in [2.75, 3.05) is 13.2 Å². The Morgan fingerprint density at radius 3 is 2.69 bits per heavy atom. The smallest absolute Gasteiger partial charge is 0.311 e. The molecule has 1 aliphatic rings. The van der Waals surface area contributed by atoms with Crippen molar-refractivity contribution in [1.29, 1.82) is 0 Å². The number of fused-ring (bicyclic) bond motifs is 1. The van der Waals surface area contributed by atoms with Gasteiger partial charge in [0.25, 0.3) is 11.8 Å². The number of para-hydroxylation sites is 2. The summed E-state index contributed by atoms with van der Waals surface area (Å²) in [5, 5.41) is 1.85. The highest BCUT2D eigenvalue weighted by atomic mass is 32.1. The van der Waals surface area contributed by atoms with Crippen molar-refractivity contribution in [2.45, 2.75) is 12.5 Å². The second-order valence-electron chi connectivity index (χ2n) is 5.32. The van der Waals surface area contributed by atoms with Gasteiger partial charge in [0.2, 0.25) is 6.10 Å². The van der Waals surface area contributed by atoms with E-state index in [0.29, 0.717) is 11.5 Å². The summed E-state index contributed by atoms with van der Waals surface area (Å²) in [6.45, 7) is -0.468. The Morgan fingerprint density at radius 2 is 1.92 bits per heavy atom. The van der Waals surface area contributed by atoms with Gasteiger partial charge in [-0.05, 0) is 23.6 Å². The van der Waals surface area contributed by atoms with E-state index >= 15 is 0 Å². The largest absolute Gasteiger partial charge is 0.485 e. The Balaban J connectivity index is 1.38. The van der Waals surface area contributed by atoms with Gasteiger partial charge >= 0.3 is 5.97 Å². The molecule has 2 aromatic rings. The van der Waals surface area contributed by atoms with E-state index in [9.17, 15) is 14.4 Å². The number of rotatable bonds is 5. The van der Waals surface area contributed by atoms with Crippen LogP contribution in [-0.4, -0.2) is 37.1 Å². The van der Waals surface area contributed by atoms with Crippen molar-refractivity contribution in [3.63, 3.8) is 0 Å². The van der Waals surface area contributed by atoms with E-state index in [1.165, 1.54) is 11.3 Å². The van der Waals surface area contributed by atoms with E-state index in [-0.39, 0.29) is 13.0 Å². The van der Waals surface area contributed by atoms with Crippen LogP contribution in [0.3, 0.4) is 0 Å². The Labute approximate surface area is 153 Å². The molecule has 26 heavy (non-hydrogen) atoms. The van der Waals surface area contributed by atoms with E-state index in [2.05, 4.69) is 10.9 Å². The standard InChI is InChI=1S/C17H16N2O6S/c20-15(10-24-16(21)8-11-4-3-7-26-11)18-19-17(22)14-9-23-12-5-1-2-6-13(12)25-14/h1-7,14H,8-10H2,(H,18,20)(H,19,22)/t14-/m0/s1. The maximum Gasteiger partial charge on any atom is 0.311 e. The molecule has 2 N–H and O–H groups in total. The van der Waals surface area contributed by atoms with Crippen LogP contribution in [0, 0.1) is 0 Å². The molecular formula is C17H16N2O6S. The van der Waals surface area contributed by atoms with Crippen LogP contribution in [-0.2, 0) is 25.5 Å². The number of amides is 2. The highest BCUT2D eigenvalue weighted by Crippen LogP contribution is 2.30. The maximum absolute atomic E-state index is 12.0. The molecule has 1 aromatic carbocycles. The SMILES string of the molecule is O=C(COC(=O)Cc1cccs1)NNC(=O)[C@@H]1COc2ccccc2O1. The zero-order chi connectivity index (χ0) is 18.4. The van der Waals surface area contributed by atoms with Crippen LogP contribution in [0.5, 0.6) is 11.5 Å². The summed E-state index contributed by atoms with van der Waals surface area (Å²) in [4.78, 5) is 36.1. The molecule has 0 aliphatic carbocycles. The van der Waals surface area contributed by atoms with Gasteiger partial charge in [0.15, 0.2) is 18.1 Å². The molecule has 1 atom stereocenters. The molecule has 8 nitrogen and oxygen atoms in total. The molecule has 0 radical (unpaired) electrons. The van der Waals surface area contributed by atoms with Gasteiger partial charge in [0.1, 0.15) is 6.61 Å². The van der Waals surface area contributed by atoms with Gasteiger partial charge in [-0.25, -0.2) is 0 Å². The number of esters is 1. The number of carbonyl (C=O) groups excluding carboxylic acids is 3. The fourth-order valence-corrected chi connectivity index (χ4v) is 2.84. The van der Waals surface area contributed by atoms with Gasteiger partial charge < -0.3 is 14.2 Å². The van der Waals surface area contributed by atoms with E-state index in [1.54, 1.807) is 30.3 Å². The zero-order valence-electron chi connectivity index (χ0n) is 13.6. The fraction of sp³-hybridized carbons (Fsp3) is 0.235. The molecule has 2 heterocycles. The third-order valence-electron chi connectivity index (χ3n) is 3.39. The maximum atomic E-state index is 12.0. The molecule has 1 aliphatic heterocycles. The zero-order valence-corrected chi connectivity index (χ0v) is 14.4. The Kier molecular flexibility index (Phi) is 5.69.